The number of carbonyl (C=O) groups is 1. The van der Waals surface area contributed by atoms with Gasteiger partial charge in [-0.3, -0.25) is 9.79 Å². The zero-order valence-electron chi connectivity index (χ0n) is 24.2. The molecule has 2 aliphatic rings. The Morgan fingerprint density at radius 3 is 2.54 bits per heavy atom. The van der Waals surface area contributed by atoms with Crippen LogP contribution in [0.3, 0.4) is 0 Å². The standard InChI is InChI=1S/C29H42N4O2.C2H6.H2/c1-7-9-23-19-29(4,5)17-15-25(23)26(30-6)28-32-27(33-35-28)22-13-11-21(12-14-22)20(3)31-18-16-24(34)10-8-2;1-2;/h11-14,27,31,33H,3,7-10,15-19H2,1-2,4-6H3;1-2H3;1H. The van der Waals surface area contributed by atoms with E-state index in [1.165, 1.54) is 11.1 Å². The Morgan fingerprint density at radius 2 is 1.92 bits per heavy atom. The SMILES string of the molecule is C=C(NCCC(=O)CCC)c1ccc(C2N=C(C(=NC)C3=C(CCC)CC(C)(C)CC3)ON2)cc1.CC.[HH]. The number of aliphatic imine (C=N–C) groups is 2. The van der Waals surface area contributed by atoms with Gasteiger partial charge in [0.15, 0.2) is 6.17 Å². The molecule has 1 unspecified atom stereocenters. The van der Waals surface area contributed by atoms with E-state index in [0.717, 1.165) is 61.1 Å². The number of benzene rings is 1. The van der Waals surface area contributed by atoms with Crippen molar-refractivity contribution in [1.29, 1.82) is 0 Å². The lowest BCUT2D eigenvalue weighted by molar-refractivity contribution is -0.118. The van der Waals surface area contributed by atoms with Gasteiger partial charge in [0.2, 0.25) is 0 Å². The molecular formula is C31H50N4O2. The Hall–Kier alpha value is -2.73. The van der Waals surface area contributed by atoms with Gasteiger partial charge in [0.1, 0.15) is 11.5 Å². The van der Waals surface area contributed by atoms with E-state index < -0.39 is 0 Å². The van der Waals surface area contributed by atoms with Crippen LogP contribution >= 0.6 is 0 Å². The summed E-state index contributed by atoms with van der Waals surface area (Å²) in [4.78, 5) is 27.0. The number of allylic oxidation sites excluding steroid dienone is 1. The Kier molecular flexibility index (Phi) is 12.3. The molecule has 37 heavy (non-hydrogen) atoms. The molecule has 6 nitrogen and oxygen atoms in total. The van der Waals surface area contributed by atoms with Crippen molar-refractivity contribution in [3.63, 3.8) is 0 Å². The highest BCUT2D eigenvalue weighted by molar-refractivity contribution is 6.45. The smallest absolute Gasteiger partial charge is 0.261 e. The highest BCUT2D eigenvalue weighted by Crippen LogP contribution is 2.41. The summed E-state index contributed by atoms with van der Waals surface area (Å²) in [5.41, 5.74) is 9.90. The molecule has 0 saturated carbocycles. The Morgan fingerprint density at radius 1 is 1.22 bits per heavy atom. The predicted octanol–water partition coefficient (Wildman–Crippen LogP) is 7.59. The summed E-state index contributed by atoms with van der Waals surface area (Å²) < 4.78 is 0. The second-order valence-electron chi connectivity index (χ2n) is 10.4. The molecule has 1 aromatic rings. The van der Waals surface area contributed by atoms with Crippen LogP contribution in [0.15, 0.2) is 52.0 Å². The van der Waals surface area contributed by atoms with Crippen molar-refractivity contribution in [2.75, 3.05) is 13.6 Å². The van der Waals surface area contributed by atoms with Crippen LogP contribution in [0.1, 0.15) is 112 Å². The molecule has 3 rings (SSSR count). The van der Waals surface area contributed by atoms with E-state index in [4.69, 9.17) is 9.83 Å². The fraction of sp³-hybridized carbons (Fsp3) is 0.581. The molecule has 1 aliphatic carbocycles. The molecule has 0 amide bonds. The first-order valence-corrected chi connectivity index (χ1v) is 14.0. The fourth-order valence-corrected chi connectivity index (χ4v) is 4.86. The summed E-state index contributed by atoms with van der Waals surface area (Å²) in [6.45, 7) is 17.7. The molecule has 0 fully saturated rings. The van der Waals surface area contributed by atoms with E-state index in [2.05, 4.69) is 43.1 Å². The lowest BCUT2D eigenvalue weighted by atomic mass is 9.72. The minimum Gasteiger partial charge on any atom is -0.385 e. The molecule has 1 aromatic carbocycles. The van der Waals surface area contributed by atoms with Crippen LogP contribution in [0.25, 0.3) is 5.70 Å². The zero-order chi connectivity index (χ0) is 27.4. The summed E-state index contributed by atoms with van der Waals surface area (Å²) in [5, 5.41) is 3.26. The van der Waals surface area contributed by atoms with Crippen LogP contribution in [-0.4, -0.2) is 31.0 Å². The van der Waals surface area contributed by atoms with Gasteiger partial charge in [-0.15, -0.1) is 5.48 Å². The average molecular weight is 511 g/mol. The number of hydrogen-bond acceptors (Lipinski definition) is 6. The first-order valence-electron chi connectivity index (χ1n) is 14.0. The molecule has 1 atom stereocenters. The summed E-state index contributed by atoms with van der Waals surface area (Å²) in [6, 6.07) is 8.11. The van der Waals surface area contributed by atoms with Crippen LogP contribution in [0.4, 0.5) is 0 Å². The number of nitrogens with zero attached hydrogens (tertiary/aromatic N) is 2. The predicted molar refractivity (Wildman–Crippen MR) is 159 cm³/mol. The van der Waals surface area contributed by atoms with Crippen LogP contribution in [-0.2, 0) is 9.63 Å². The van der Waals surface area contributed by atoms with Crippen molar-refractivity contribution < 1.29 is 11.1 Å². The molecular weight excluding hydrogens is 460 g/mol. The number of hydrogen-bond donors (Lipinski definition) is 2. The van der Waals surface area contributed by atoms with Gasteiger partial charge >= 0.3 is 0 Å². The van der Waals surface area contributed by atoms with E-state index in [1.807, 2.05) is 52.1 Å². The summed E-state index contributed by atoms with van der Waals surface area (Å²) in [5.74, 6) is 0.862. The maximum Gasteiger partial charge on any atom is 0.261 e. The van der Waals surface area contributed by atoms with Gasteiger partial charge in [-0.1, -0.05) is 84.4 Å². The quantitative estimate of drug-likeness (QED) is 0.284. The minimum absolute atomic E-state index is 0. The Labute approximate surface area is 226 Å². The summed E-state index contributed by atoms with van der Waals surface area (Å²) in [7, 11) is 1.83. The molecule has 1 aliphatic heterocycles. The normalized spacial score (nSPS) is 18.9. The van der Waals surface area contributed by atoms with Gasteiger partial charge in [0, 0.05) is 33.6 Å². The average Bonchev–Trinajstić information content (AvgIpc) is 3.37. The van der Waals surface area contributed by atoms with Crippen LogP contribution in [0.2, 0.25) is 0 Å². The van der Waals surface area contributed by atoms with E-state index in [1.54, 1.807) is 0 Å². The second-order valence-corrected chi connectivity index (χ2v) is 10.4. The molecule has 0 radical (unpaired) electrons. The summed E-state index contributed by atoms with van der Waals surface area (Å²) in [6.07, 6.45) is 7.26. The van der Waals surface area contributed by atoms with Crippen molar-refractivity contribution in [3.8, 4) is 0 Å². The molecule has 1 heterocycles. The second kappa shape index (κ2) is 14.9. The third kappa shape index (κ3) is 8.67. The van der Waals surface area contributed by atoms with E-state index in [9.17, 15) is 4.79 Å². The Bertz CT molecular complexity index is 1010. The lowest BCUT2D eigenvalue weighted by Crippen LogP contribution is -2.27. The van der Waals surface area contributed by atoms with Crippen molar-refractivity contribution in [1.82, 2.24) is 10.8 Å². The molecule has 206 valence electrons. The number of ketones is 1. The lowest BCUT2D eigenvalue weighted by Gasteiger charge is -2.33. The number of Topliss-reactive ketones (excluding diaryl/α,β-unsaturated/α-hetero) is 1. The maximum atomic E-state index is 11.7. The Balaban J connectivity index is 0.00000235. The third-order valence-corrected chi connectivity index (χ3v) is 6.79. The highest BCUT2D eigenvalue weighted by atomic mass is 16.7. The van der Waals surface area contributed by atoms with Crippen molar-refractivity contribution in [3.05, 3.63) is 53.1 Å². The number of carbonyl (C=O) groups excluding carboxylic acids is 1. The largest absolute Gasteiger partial charge is 0.385 e. The highest BCUT2D eigenvalue weighted by Gasteiger charge is 2.32. The number of rotatable bonds is 12. The first kappa shape index (κ1) is 30.5. The molecule has 0 spiro atoms. The maximum absolute atomic E-state index is 11.7. The molecule has 0 bridgehead atoms. The van der Waals surface area contributed by atoms with Crippen LogP contribution in [0.5, 0.6) is 0 Å². The number of nitrogens with one attached hydrogen (secondary N) is 2. The van der Waals surface area contributed by atoms with Gasteiger partial charge in [-0.05, 0) is 54.2 Å². The van der Waals surface area contributed by atoms with E-state index in [0.29, 0.717) is 30.7 Å². The summed E-state index contributed by atoms with van der Waals surface area (Å²) >= 11 is 0. The monoisotopic (exact) mass is 510 g/mol. The van der Waals surface area contributed by atoms with Crippen molar-refractivity contribution in [2.45, 2.75) is 99.1 Å². The molecule has 2 N–H and O–H groups in total. The number of hydroxylamine groups is 1. The minimum atomic E-state index is -0.279. The van der Waals surface area contributed by atoms with Gasteiger partial charge < -0.3 is 10.2 Å². The van der Waals surface area contributed by atoms with E-state index in [-0.39, 0.29) is 13.4 Å². The van der Waals surface area contributed by atoms with Gasteiger partial charge in [-0.25, -0.2) is 4.99 Å². The van der Waals surface area contributed by atoms with Gasteiger partial charge in [0.05, 0.1) is 0 Å². The van der Waals surface area contributed by atoms with Crippen molar-refractivity contribution >= 4 is 23.1 Å². The van der Waals surface area contributed by atoms with Gasteiger partial charge in [-0.2, -0.15) is 0 Å². The van der Waals surface area contributed by atoms with E-state index >= 15 is 0 Å². The van der Waals surface area contributed by atoms with Gasteiger partial charge in [0.25, 0.3) is 5.90 Å². The van der Waals surface area contributed by atoms with Crippen LogP contribution in [0, 0.1) is 5.41 Å². The molecule has 0 saturated heterocycles. The molecule has 0 aromatic heterocycles. The zero-order valence-corrected chi connectivity index (χ0v) is 24.2. The third-order valence-electron chi connectivity index (χ3n) is 6.79. The molecule has 6 heteroatoms. The fourth-order valence-electron chi connectivity index (χ4n) is 4.86. The van der Waals surface area contributed by atoms with Crippen molar-refractivity contribution in [2.24, 2.45) is 15.4 Å². The first-order chi connectivity index (χ1) is 17.8. The topological polar surface area (TPSA) is 75.1 Å². The van der Waals surface area contributed by atoms with Crippen LogP contribution < -0.4 is 10.8 Å².